The van der Waals surface area contributed by atoms with E-state index in [2.05, 4.69) is 22.7 Å². The summed E-state index contributed by atoms with van der Waals surface area (Å²) >= 11 is 0. The minimum Gasteiger partial charge on any atom is -0.457 e. The topological polar surface area (TPSA) is 50.7 Å². The molecular weight excluding hydrogens is 360 g/mol. The molecule has 0 saturated heterocycles. The summed E-state index contributed by atoms with van der Waals surface area (Å²) in [5.74, 6) is 0.741. The molecule has 0 radical (unpaired) electrons. The Balaban J connectivity index is 1.41. The highest BCUT2D eigenvalue weighted by atomic mass is 16.5. The lowest BCUT2D eigenvalue weighted by molar-refractivity contribution is -0.121. The molecule has 1 amide bonds. The van der Waals surface area contributed by atoms with E-state index < -0.39 is 5.92 Å². The predicted octanol–water partition coefficient (Wildman–Crippen LogP) is 5.23. The van der Waals surface area contributed by atoms with Gasteiger partial charge in [0.15, 0.2) is 0 Å². The summed E-state index contributed by atoms with van der Waals surface area (Å²) in [4.78, 5) is 13.0. The van der Waals surface area contributed by atoms with Gasteiger partial charge < -0.3 is 4.74 Å². The van der Waals surface area contributed by atoms with Crippen molar-refractivity contribution in [3.63, 3.8) is 0 Å². The number of amides is 1. The highest BCUT2D eigenvalue weighted by molar-refractivity contribution is 5.92. The van der Waals surface area contributed by atoms with E-state index in [1.807, 2.05) is 78.9 Å². The lowest BCUT2D eigenvalue weighted by Crippen LogP contribution is -2.28. The van der Waals surface area contributed by atoms with E-state index in [1.165, 1.54) is 5.39 Å². The second kappa shape index (κ2) is 7.24. The van der Waals surface area contributed by atoms with Crippen molar-refractivity contribution in [2.45, 2.75) is 5.92 Å². The average Bonchev–Trinajstić information content (AvgIpc) is 2.77. The number of fused-ring (bicyclic) bond motifs is 3. The summed E-state index contributed by atoms with van der Waals surface area (Å²) in [6.45, 7) is 0. The van der Waals surface area contributed by atoms with Crippen molar-refractivity contribution in [3.8, 4) is 11.5 Å². The zero-order valence-corrected chi connectivity index (χ0v) is 15.6. The van der Waals surface area contributed by atoms with Gasteiger partial charge in [-0.05, 0) is 34.5 Å². The SMILES string of the molecule is O=C(N/N=C/c1ccc2ccccc2c1)C1c2ccccc2Oc2ccccc21. The molecule has 0 aliphatic carbocycles. The molecule has 5 rings (SSSR count). The Hall–Kier alpha value is -3.92. The predicted molar refractivity (Wildman–Crippen MR) is 114 cm³/mol. The van der Waals surface area contributed by atoms with E-state index in [0.717, 1.165) is 22.1 Å². The van der Waals surface area contributed by atoms with Crippen LogP contribution in [0.3, 0.4) is 0 Å². The van der Waals surface area contributed by atoms with Crippen LogP contribution >= 0.6 is 0 Å². The fraction of sp³-hybridized carbons (Fsp3) is 0.0400. The summed E-state index contributed by atoms with van der Waals surface area (Å²) in [7, 11) is 0. The zero-order valence-electron chi connectivity index (χ0n) is 15.6. The molecule has 0 fully saturated rings. The normalized spacial score (nSPS) is 13.0. The first-order chi connectivity index (χ1) is 14.3. The number of hydrogen-bond donors (Lipinski definition) is 1. The molecule has 0 saturated carbocycles. The Bertz CT molecular complexity index is 1200. The number of hydrazone groups is 1. The van der Waals surface area contributed by atoms with E-state index in [0.29, 0.717) is 11.5 Å². The van der Waals surface area contributed by atoms with Crippen molar-refractivity contribution in [2.75, 3.05) is 0 Å². The van der Waals surface area contributed by atoms with E-state index in [9.17, 15) is 4.79 Å². The first-order valence-electron chi connectivity index (χ1n) is 9.47. The molecule has 1 heterocycles. The zero-order chi connectivity index (χ0) is 19.6. The van der Waals surface area contributed by atoms with Crippen LogP contribution in [0, 0.1) is 0 Å². The minimum atomic E-state index is -0.468. The number of carbonyl (C=O) groups excluding carboxylic acids is 1. The van der Waals surface area contributed by atoms with Crippen LogP contribution in [-0.2, 0) is 4.79 Å². The fourth-order valence-electron chi connectivity index (χ4n) is 3.72. The van der Waals surface area contributed by atoms with Crippen LogP contribution in [0.5, 0.6) is 11.5 Å². The van der Waals surface area contributed by atoms with Crippen molar-refractivity contribution in [1.29, 1.82) is 0 Å². The molecule has 0 spiro atoms. The maximum absolute atomic E-state index is 13.0. The van der Waals surface area contributed by atoms with Crippen molar-refractivity contribution in [2.24, 2.45) is 5.10 Å². The average molecular weight is 378 g/mol. The molecule has 4 nitrogen and oxygen atoms in total. The second-order valence-electron chi connectivity index (χ2n) is 6.95. The van der Waals surface area contributed by atoms with Crippen LogP contribution in [0.2, 0.25) is 0 Å². The van der Waals surface area contributed by atoms with Gasteiger partial charge in [0.1, 0.15) is 11.5 Å². The molecule has 0 bridgehead atoms. The van der Waals surface area contributed by atoms with Crippen LogP contribution in [0.4, 0.5) is 0 Å². The summed E-state index contributed by atoms with van der Waals surface area (Å²) in [6, 6.07) is 29.4. The van der Waals surface area contributed by atoms with Gasteiger partial charge in [0.25, 0.3) is 5.91 Å². The molecule has 0 aromatic heterocycles. The highest BCUT2D eigenvalue weighted by Crippen LogP contribution is 2.43. The molecule has 4 aromatic carbocycles. The second-order valence-corrected chi connectivity index (χ2v) is 6.95. The number of nitrogens with zero attached hydrogens (tertiary/aromatic N) is 1. The van der Waals surface area contributed by atoms with Crippen LogP contribution in [-0.4, -0.2) is 12.1 Å². The first kappa shape index (κ1) is 17.2. The number of benzene rings is 4. The lowest BCUT2D eigenvalue weighted by Gasteiger charge is -2.26. The van der Waals surface area contributed by atoms with Gasteiger partial charge in [0.2, 0.25) is 0 Å². The number of para-hydroxylation sites is 2. The number of nitrogens with one attached hydrogen (secondary N) is 1. The van der Waals surface area contributed by atoms with Gasteiger partial charge in [0.05, 0.1) is 12.1 Å². The molecule has 1 aliphatic rings. The van der Waals surface area contributed by atoms with Crippen LogP contribution in [0.25, 0.3) is 10.8 Å². The van der Waals surface area contributed by atoms with Crippen LogP contribution in [0.1, 0.15) is 22.6 Å². The maximum Gasteiger partial charge on any atom is 0.252 e. The summed E-state index contributed by atoms with van der Waals surface area (Å²) in [5.41, 5.74) is 5.31. The van der Waals surface area contributed by atoms with Crippen LogP contribution < -0.4 is 10.2 Å². The fourth-order valence-corrected chi connectivity index (χ4v) is 3.72. The minimum absolute atomic E-state index is 0.190. The highest BCUT2D eigenvalue weighted by Gasteiger charge is 2.32. The van der Waals surface area contributed by atoms with Crippen molar-refractivity contribution in [3.05, 3.63) is 108 Å². The Morgan fingerprint density at radius 1 is 0.793 bits per heavy atom. The van der Waals surface area contributed by atoms with Gasteiger partial charge >= 0.3 is 0 Å². The standard InChI is InChI=1S/C25H18N2O2/c28-25(27-26-16-17-13-14-18-7-1-2-8-19(18)15-17)24-20-9-3-5-11-22(20)29-23-12-6-4-10-21(23)24/h1-16,24H,(H,27,28)/b26-16+. The summed E-state index contributed by atoms with van der Waals surface area (Å²) in [5, 5.41) is 6.51. The Kier molecular flexibility index (Phi) is 4.30. The molecule has 4 aromatic rings. The van der Waals surface area contributed by atoms with Gasteiger partial charge in [-0.25, -0.2) is 5.43 Å². The van der Waals surface area contributed by atoms with Gasteiger partial charge in [-0.2, -0.15) is 5.10 Å². The van der Waals surface area contributed by atoms with Gasteiger partial charge in [-0.15, -0.1) is 0 Å². The number of hydrogen-bond acceptors (Lipinski definition) is 3. The maximum atomic E-state index is 13.0. The molecule has 4 heteroatoms. The van der Waals surface area contributed by atoms with E-state index in [4.69, 9.17) is 4.74 Å². The van der Waals surface area contributed by atoms with Gasteiger partial charge in [0, 0.05) is 11.1 Å². The van der Waals surface area contributed by atoms with Crippen molar-refractivity contribution < 1.29 is 9.53 Å². The largest absolute Gasteiger partial charge is 0.457 e. The molecule has 140 valence electrons. The molecule has 29 heavy (non-hydrogen) atoms. The molecular formula is C25H18N2O2. The number of carbonyl (C=O) groups is 1. The van der Waals surface area contributed by atoms with Gasteiger partial charge in [-0.1, -0.05) is 72.8 Å². The Morgan fingerprint density at radius 3 is 2.14 bits per heavy atom. The number of rotatable bonds is 3. The molecule has 1 aliphatic heterocycles. The van der Waals surface area contributed by atoms with Crippen molar-refractivity contribution in [1.82, 2.24) is 5.43 Å². The molecule has 1 N–H and O–H groups in total. The first-order valence-corrected chi connectivity index (χ1v) is 9.47. The third-order valence-corrected chi connectivity index (χ3v) is 5.10. The molecule has 0 unspecified atom stereocenters. The summed E-state index contributed by atoms with van der Waals surface area (Å²) < 4.78 is 5.95. The monoisotopic (exact) mass is 378 g/mol. The Morgan fingerprint density at radius 2 is 1.41 bits per heavy atom. The van der Waals surface area contributed by atoms with Crippen molar-refractivity contribution >= 4 is 22.9 Å². The smallest absolute Gasteiger partial charge is 0.252 e. The van der Waals surface area contributed by atoms with E-state index >= 15 is 0 Å². The molecule has 0 atom stereocenters. The quantitative estimate of drug-likeness (QED) is 0.392. The lowest BCUT2D eigenvalue weighted by atomic mass is 9.87. The van der Waals surface area contributed by atoms with Gasteiger partial charge in [-0.3, -0.25) is 4.79 Å². The number of ether oxygens (including phenoxy) is 1. The van der Waals surface area contributed by atoms with Crippen LogP contribution in [0.15, 0.2) is 96.1 Å². The third kappa shape index (κ3) is 3.25. The van der Waals surface area contributed by atoms with E-state index in [1.54, 1.807) is 6.21 Å². The Labute approximate surface area is 168 Å². The third-order valence-electron chi connectivity index (χ3n) is 5.10. The summed E-state index contributed by atoms with van der Waals surface area (Å²) in [6.07, 6.45) is 1.67. The van der Waals surface area contributed by atoms with E-state index in [-0.39, 0.29) is 5.91 Å².